The number of fused-ring (bicyclic) bond motifs is 1. The second-order valence-corrected chi connectivity index (χ2v) is 6.82. The van der Waals surface area contributed by atoms with E-state index in [2.05, 4.69) is 15.3 Å². The number of benzene rings is 2. The number of nitrogens with one attached hydrogen (secondary N) is 1. The van der Waals surface area contributed by atoms with Crippen LogP contribution >= 0.6 is 11.6 Å². The highest BCUT2D eigenvalue weighted by atomic mass is 35.5. The molecule has 4 aromatic rings. The zero-order chi connectivity index (χ0) is 20.5. The molecule has 2 aromatic heterocycles. The third-order valence-corrected chi connectivity index (χ3v) is 4.68. The van der Waals surface area contributed by atoms with Gasteiger partial charge >= 0.3 is 5.97 Å². The van der Waals surface area contributed by atoms with Crippen LogP contribution in [0.3, 0.4) is 0 Å². The number of ether oxygens (including phenoxy) is 1. The molecule has 2 heterocycles. The van der Waals surface area contributed by atoms with Crippen LogP contribution in [0.25, 0.3) is 22.2 Å². The number of carbonyl (C=O) groups is 1. The average molecular weight is 411 g/mol. The van der Waals surface area contributed by atoms with Gasteiger partial charge in [-0.05, 0) is 35.9 Å². The SMILES string of the molecule is COc1cccc(-c2cn(Cc3cc(Cl)cc4cc(C(=O)O)c(=O)[nH]c34)nn2)c1. The third kappa shape index (κ3) is 3.70. The van der Waals surface area contributed by atoms with E-state index in [1.54, 1.807) is 30.1 Å². The number of hydrogen-bond donors (Lipinski definition) is 2. The molecule has 0 radical (unpaired) electrons. The summed E-state index contributed by atoms with van der Waals surface area (Å²) in [6.07, 6.45) is 1.77. The lowest BCUT2D eigenvalue weighted by Gasteiger charge is -2.08. The van der Waals surface area contributed by atoms with Gasteiger partial charge in [0.1, 0.15) is 17.0 Å². The zero-order valence-corrected chi connectivity index (χ0v) is 16.0. The molecule has 2 aromatic carbocycles. The summed E-state index contributed by atoms with van der Waals surface area (Å²) in [6, 6.07) is 12.1. The van der Waals surface area contributed by atoms with Gasteiger partial charge in [-0.1, -0.05) is 28.9 Å². The monoisotopic (exact) mass is 410 g/mol. The number of pyridine rings is 1. The maximum atomic E-state index is 12.1. The Morgan fingerprint density at radius 2 is 2.10 bits per heavy atom. The number of carboxylic acid groups (broad SMARTS) is 1. The summed E-state index contributed by atoms with van der Waals surface area (Å²) >= 11 is 6.20. The number of rotatable bonds is 5. The maximum absolute atomic E-state index is 12.1. The summed E-state index contributed by atoms with van der Waals surface area (Å²) < 4.78 is 6.85. The largest absolute Gasteiger partial charge is 0.497 e. The highest BCUT2D eigenvalue weighted by Crippen LogP contribution is 2.25. The molecule has 0 saturated carbocycles. The number of hydrogen-bond acceptors (Lipinski definition) is 5. The van der Waals surface area contributed by atoms with Crippen molar-refractivity contribution in [2.24, 2.45) is 0 Å². The number of methoxy groups -OCH3 is 1. The Kier molecular flexibility index (Phi) is 4.77. The average Bonchev–Trinajstić information content (AvgIpc) is 3.16. The van der Waals surface area contributed by atoms with E-state index in [1.165, 1.54) is 6.07 Å². The lowest BCUT2D eigenvalue weighted by Crippen LogP contribution is -2.17. The van der Waals surface area contributed by atoms with Crippen LogP contribution in [-0.2, 0) is 6.54 Å². The lowest BCUT2D eigenvalue weighted by atomic mass is 10.1. The van der Waals surface area contributed by atoms with Crippen LogP contribution in [0, 0.1) is 0 Å². The van der Waals surface area contributed by atoms with Gasteiger partial charge in [0, 0.05) is 16.0 Å². The second-order valence-electron chi connectivity index (χ2n) is 6.38. The quantitative estimate of drug-likeness (QED) is 0.522. The summed E-state index contributed by atoms with van der Waals surface area (Å²) in [6.45, 7) is 0.288. The fourth-order valence-electron chi connectivity index (χ4n) is 3.10. The first-order chi connectivity index (χ1) is 13.9. The van der Waals surface area contributed by atoms with Gasteiger partial charge in [-0.15, -0.1) is 5.10 Å². The summed E-state index contributed by atoms with van der Waals surface area (Å²) in [4.78, 5) is 26.0. The molecule has 8 nitrogen and oxygen atoms in total. The highest BCUT2D eigenvalue weighted by molar-refractivity contribution is 6.31. The molecule has 0 amide bonds. The number of carboxylic acids is 1. The van der Waals surface area contributed by atoms with Crippen molar-refractivity contribution < 1.29 is 14.6 Å². The smallest absolute Gasteiger partial charge is 0.341 e. The number of aromatic amines is 1. The predicted molar refractivity (Wildman–Crippen MR) is 108 cm³/mol. The van der Waals surface area contributed by atoms with Gasteiger partial charge in [0.25, 0.3) is 5.56 Å². The zero-order valence-electron chi connectivity index (χ0n) is 15.2. The Hall–Kier alpha value is -3.65. The van der Waals surface area contributed by atoms with Crippen molar-refractivity contribution in [2.45, 2.75) is 6.54 Å². The van der Waals surface area contributed by atoms with Gasteiger partial charge in [0.05, 0.1) is 25.4 Å². The molecular weight excluding hydrogens is 396 g/mol. The van der Waals surface area contributed by atoms with Crippen molar-refractivity contribution >= 4 is 28.5 Å². The minimum Gasteiger partial charge on any atom is -0.497 e. The molecule has 9 heteroatoms. The van der Waals surface area contributed by atoms with Crippen molar-refractivity contribution in [3.05, 3.63) is 75.2 Å². The molecule has 0 aliphatic carbocycles. The summed E-state index contributed by atoms with van der Waals surface area (Å²) in [5.41, 5.74) is 1.69. The Morgan fingerprint density at radius 3 is 2.86 bits per heavy atom. The third-order valence-electron chi connectivity index (χ3n) is 4.47. The van der Waals surface area contributed by atoms with Gasteiger partial charge in [-0.25, -0.2) is 9.48 Å². The van der Waals surface area contributed by atoms with E-state index in [4.69, 9.17) is 21.4 Å². The van der Waals surface area contributed by atoms with Crippen molar-refractivity contribution in [3.8, 4) is 17.0 Å². The molecule has 0 unspecified atom stereocenters. The number of nitrogens with zero attached hydrogens (tertiary/aromatic N) is 3. The Balaban J connectivity index is 1.73. The molecule has 146 valence electrons. The predicted octanol–water partition coefficient (Wildman–Crippen LogP) is 3.20. The van der Waals surface area contributed by atoms with Crippen LogP contribution in [-0.4, -0.2) is 38.2 Å². The van der Waals surface area contributed by atoms with Crippen LogP contribution in [0.4, 0.5) is 0 Å². The molecule has 29 heavy (non-hydrogen) atoms. The minimum absolute atomic E-state index is 0.288. The molecular formula is C20H15ClN4O4. The van der Waals surface area contributed by atoms with E-state index >= 15 is 0 Å². The Labute approximate surface area is 169 Å². The van der Waals surface area contributed by atoms with E-state index in [0.717, 1.165) is 5.56 Å². The van der Waals surface area contributed by atoms with E-state index in [-0.39, 0.29) is 12.1 Å². The number of aromatic nitrogens is 4. The van der Waals surface area contributed by atoms with Gasteiger partial charge in [0.2, 0.25) is 0 Å². The number of H-pyrrole nitrogens is 1. The van der Waals surface area contributed by atoms with Crippen molar-refractivity contribution in [3.63, 3.8) is 0 Å². The second kappa shape index (κ2) is 7.40. The number of aromatic carboxylic acids is 1. The Bertz CT molecular complexity index is 1300. The summed E-state index contributed by atoms with van der Waals surface area (Å²) in [5, 5.41) is 18.4. The molecule has 0 fully saturated rings. The molecule has 0 atom stereocenters. The highest BCUT2D eigenvalue weighted by Gasteiger charge is 2.14. The maximum Gasteiger partial charge on any atom is 0.341 e. The molecule has 0 spiro atoms. The van der Waals surface area contributed by atoms with Crippen LogP contribution in [0.1, 0.15) is 15.9 Å². The normalized spacial score (nSPS) is 11.0. The Morgan fingerprint density at radius 1 is 1.28 bits per heavy atom. The van der Waals surface area contributed by atoms with Crippen molar-refractivity contribution in [2.75, 3.05) is 7.11 Å². The van der Waals surface area contributed by atoms with Gasteiger partial charge in [-0.2, -0.15) is 0 Å². The van der Waals surface area contributed by atoms with Crippen molar-refractivity contribution in [1.82, 2.24) is 20.0 Å². The van der Waals surface area contributed by atoms with Gasteiger partial charge < -0.3 is 14.8 Å². The van der Waals surface area contributed by atoms with E-state index < -0.39 is 11.5 Å². The summed E-state index contributed by atoms with van der Waals surface area (Å²) in [5.74, 6) is -0.585. The molecule has 0 bridgehead atoms. The first kappa shape index (κ1) is 18.7. The first-order valence-corrected chi connectivity index (χ1v) is 8.95. The molecule has 0 aliphatic rings. The number of halogens is 1. The van der Waals surface area contributed by atoms with E-state index in [9.17, 15) is 9.59 Å². The van der Waals surface area contributed by atoms with Crippen LogP contribution in [0.2, 0.25) is 5.02 Å². The van der Waals surface area contributed by atoms with Gasteiger partial charge in [0.15, 0.2) is 0 Å². The topological polar surface area (TPSA) is 110 Å². The molecule has 4 rings (SSSR count). The van der Waals surface area contributed by atoms with Crippen LogP contribution in [0.15, 0.2) is 53.5 Å². The lowest BCUT2D eigenvalue weighted by molar-refractivity contribution is 0.0695. The molecule has 0 saturated heterocycles. The fraction of sp³-hybridized carbons (Fsp3) is 0.100. The molecule has 0 aliphatic heterocycles. The molecule has 2 N–H and O–H groups in total. The van der Waals surface area contributed by atoms with Crippen molar-refractivity contribution in [1.29, 1.82) is 0 Å². The minimum atomic E-state index is -1.30. The van der Waals surface area contributed by atoms with E-state index in [1.807, 2.05) is 24.3 Å². The standard InChI is InChI=1S/C20H15ClN4O4/c1-29-15-4-2-3-11(7-15)17-10-25(24-23-17)9-13-6-14(21)5-12-8-16(20(27)28)19(26)22-18(12)13/h2-8,10H,9H2,1H3,(H,22,26)(H,27,28). The van der Waals surface area contributed by atoms with Gasteiger partial charge in [-0.3, -0.25) is 4.79 Å². The van der Waals surface area contributed by atoms with Crippen LogP contribution in [0.5, 0.6) is 5.75 Å². The fourth-order valence-corrected chi connectivity index (χ4v) is 3.35. The van der Waals surface area contributed by atoms with Crippen LogP contribution < -0.4 is 10.3 Å². The first-order valence-electron chi connectivity index (χ1n) is 8.58. The van der Waals surface area contributed by atoms with E-state index in [0.29, 0.717) is 32.9 Å². The summed E-state index contributed by atoms with van der Waals surface area (Å²) in [7, 11) is 1.59.